The summed E-state index contributed by atoms with van der Waals surface area (Å²) in [5.41, 5.74) is -0.0540. The van der Waals surface area contributed by atoms with Crippen molar-refractivity contribution in [2.75, 3.05) is 6.61 Å². The smallest absolute Gasteiger partial charge is 0.257 e. The van der Waals surface area contributed by atoms with E-state index >= 15 is 0 Å². The van der Waals surface area contributed by atoms with E-state index in [0.29, 0.717) is 12.7 Å². The number of hydrogen-bond donors (Lipinski definition) is 2. The second-order valence-corrected chi connectivity index (χ2v) is 5.57. The minimum Gasteiger partial charge on any atom is -0.487 e. The Hall–Kier alpha value is -3.07. The van der Waals surface area contributed by atoms with Gasteiger partial charge in [0.2, 0.25) is 5.75 Å². The maximum absolute atomic E-state index is 13.7. The summed E-state index contributed by atoms with van der Waals surface area (Å²) >= 11 is 0. The number of carbonyl (C=O) groups excluding carboxylic acids is 2. The predicted octanol–water partition coefficient (Wildman–Crippen LogP) is 2.53. The lowest BCUT2D eigenvalue weighted by Gasteiger charge is -2.15. The molecular weight excluding hydrogens is 360 g/mol. The number of benzene rings is 1. The van der Waals surface area contributed by atoms with E-state index in [0.717, 1.165) is 24.8 Å². The number of nitrogens with two attached hydrogens (primary N) is 1. The molecule has 144 valence electrons. The third-order valence-electron chi connectivity index (χ3n) is 3.69. The number of unbranched alkanes of at least 4 members (excludes halogenated alkanes) is 1. The number of aldehydes is 1. The topological polar surface area (TPSA) is 104 Å². The van der Waals surface area contributed by atoms with E-state index in [1.807, 2.05) is 6.92 Å². The number of ether oxygens (including phenoxy) is 1. The number of rotatable bonds is 9. The molecule has 0 fully saturated rings. The molecule has 0 atom stereocenters. The number of hydrogen-bond acceptors (Lipinski definition) is 6. The Morgan fingerprint density at radius 1 is 1.33 bits per heavy atom. The maximum Gasteiger partial charge on any atom is 0.257 e. The van der Waals surface area contributed by atoms with E-state index in [9.17, 15) is 18.4 Å². The highest BCUT2D eigenvalue weighted by Gasteiger charge is 2.22. The fourth-order valence-electron chi connectivity index (χ4n) is 2.25. The molecule has 7 nitrogen and oxygen atoms in total. The molecule has 1 aromatic heterocycles. The highest BCUT2D eigenvalue weighted by atomic mass is 19.1. The summed E-state index contributed by atoms with van der Waals surface area (Å²) in [6, 6.07) is 3.02. The molecule has 0 saturated carbocycles. The van der Waals surface area contributed by atoms with Gasteiger partial charge < -0.3 is 14.9 Å². The van der Waals surface area contributed by atoms with Gasteiger partial charge in [-0.3, -0.25) is 9.59 Å². The van der Waals surface area contributed by atoms with Crippen molar-refractivity contribution < 1.29 is 27.9 Å². The van der Waals surface area contributed by atoms with Crippen molar-refractivity contribution in [3.05, 3.63) is 52.9 Å². The predicted molar refractivity (Wildman–Crippen MR) is 92.4 cm³/mol. The molecule has 0 aliphatic rings. The fraction of sp³-hybridized carbons (Fsp3) is 0.278. The Kier molecular flexibility index (Phi) is 7.18. The summed E-state index contributed by atoms with van der Waals surface area (Å²) in [4.78, 5) is 32.2. The zero-order valence-electron chi connectivity index (χ0n) is 14.6. The number of halogens is 2. The Morgan fingerprint density at radius 3 is 2.74 bits per heavy atom. The molecule has 2 aromatic rings. The summed E-state index contributed by atoms with van der Waals surface area (Å²) in [6.45, 7) is 2.04. The van der Waals surface area contributed by atoms with E-state index in [2.05, 4.69) is 10.3 Å². The van der Waals surface area contributed by atoms with Crippen molar-refractivity contribution in [1.82, 2.24) is 10.3 Å². The van der Waals surface area contributed by atoms with Crippen LogP contribution in [0.3, 0.4) is 0 Å². The van der Waals surface area contributed by atoms with Crippen LogP contribution in [0, 0.1) is 11.6 Å². The van der Waals surface area contributed by atoms with Crippen molar-refractivity contribution in [1.29, 1.82) is 0 Å². The molecule has 1 amide bonds. The van der Waals surface area contributed by atoms with Gasteiger partial charge in [-0.25, -0.2) is 13.8 Å². The van der Waals surface area contributed by atoms with Crippen LogP contribution in [0.15, 0.2) is 24.4 Å². The molecule has 0 bridgehead atoms. The lowest BCUT2D eigenvalue weighted by Crippen LogP contribution is -2.25. The quantitative estimate of drug-likeness (QED) is 0.394. The second kappa shape index (κ2) is 9.58. The molecule has 0 aliphatic carbocycles. The van der Waals surface area contributed by atoms with Crippen molar-refractivity contribution in [2.24, 2.45) is 5.90 Å². The van der Waals surface area contributed by atoms with Crippen molar-refractivity contribution in [3.8, 4) is 11.5 Å². The summed E-state index contributed by atoms with van der Waals surface area (Å²) in [7, 11) is 0. The highest BCUT2D eigenvalue weighted by Crippen LogP contribution is 2.32. The largest absolute Gasteiger partial charge is 0.487 e. The highest BCUT2D eigenvalue weighted by molar-refractivity contribution is 5.98. The lowest BCUT2D eigenvalue weighted by atomic mass is 10.1. The summed E-state index contributed by atoms with van der Waals surface area (Å²) < 4.78 is 32.1. The number of nitrogens with one attached hydrogen (secondary N) is 1. The van der Waals surface area contributed by atoms with Crippen LogP contribution >= 0.6 is 0 Å². The van der Waals surface area contributed by atoms with Crippen LogP contribution in [0.1, 0.15) is 46.2 Å². The lowest BCUT2D eigenvalue weighted by molar-refractivity contribution is 0.0943. The van der Waals surface area contributed by atoms with Gasteiger partial charge in [-0.05, 0) is 12.5 Å². The molecule has 2 rings (SSSR count). The van der Waals surface area contributed by atoms with E-state index in [1.54, 1.807) is 0 Å². The number of amides is 1. The average molecular weight is 379 g/mol. The number of carbonyl (C=O) groups is 2. The molecule has 0 radical (unpaired) electrons. The van der Waals surface area contributed by atoms with E-state index < -0.39 is 17.5 Å². The van der Waals surface area contributed by atoms with Crippen molar-refractivity contribution in [2.45, 2.75) is 26.3 Å². The Morgan fingerprint density at radius 2 is 2.11 bits per heavy atom. The summed E-state index contributed by atoms with van der Waals surface area (Å²) in [5, 5.41) is 2.46. The summed E-state index contributed by atoms with van der Waals surface area (Å²) in [6.07, 6.45) is 3.13. The first kappa shape index (κ1) is 20.2. The number of aromatic nitrogens is 1. The maximum atomic E-state index is 13.7. The molecule has 27 heavy (non-hydrogen) atoms. The van der Waals surface area contributed by atoms with Crippen molar-refractivity contribution in [3.63, 3.8) is 0 Å². The van der Waals surface area contributed by atoms with Crippen LogP contribution in [0.5, 0.6) is 11.5 Å². The zero-order valence-corrected chi connectivity index (χ0v) is 14.6. The molecule has 0 unspecified atom stereocenters. The SMILES string of the molecule is CCCCOc1c(C=O)ncc(C(=O)NCc2ccc(F)cc2F)c1ON. The first-order chi connectivity index (χ1) is 13.0. The summed E-state index contributed by atoms with van der Waals surface area (Å²) in [5.74, 6) is 2.88. The molecule has 1 aromatic carbocycles. The first-order valence-electron chi connectivity index (χ1n) is 8.21. The normalized spacial score (nSPS) is 10.4. The van der Waals surface area contributed by atoms with Crippen LogP contribution < -0.4 is 20.8 Å². The van der Waals surface area contributed by atoms with Gasteiger partial charge in [0.05, 0.1) is 6.61 Å². The van der Waals surface area contributed by atoms with Crippen LogP contribution in [-0.4, -0.2) is 23.8 Å². The number of nitrogens with zero attached hydrogens (tertiary/aromatic N) is 1. The Bertz CT molecular complexity index is 830. The standard InChI is InChI=1S/C18H19F2N3O4/c1-2-3-6-26-17-15(10-24)22-9-13(16(17)27-21)18(25)23-8-11-4-5-12(19)7-14(11)20/h4-5,7,9-10H,2-3,6,8,21H2,1H3,(H,23,25). The third-order valence-corrected chi connectivity index (χ3v) is 3.69. The minimum absolute atomic E-state index is 0.0402. The molecule has 3 N–H and O–H groups in total. The fourth-order valence-corrected chi connectivity index (χ4v) is 2.25. The van der Waals surface area contributed by atoms with Gasteiger partial charge in [-0.1, -0.05) is 19.4 Å². The van der Waals surface area contributed by atoms with Crippen molar-refractivity contribution >= 4 is 12.2 Å². The second-order valence-electron chi connectivity index (χ2n) is 5.57. The molecule has 1 heterocycles. The van der Waals surface area contributed by atoms with E-state index in [-0.39, 0.29) is 41.5 Å². The van der Waals surface area contributed by atoms with Crippen LogP contribution in [0.25, 0.3) is 0 Å². The monoisotopic (exact) mass is 379 g/mol. The van der Waals surface area contributed by atoms with Gasteiger partial charge in [0.1, 0.15) is 22.9 Å². The number of pyridine rings is 1. The third kappa shape index (κ3) is 4.98. The molecule has 9 heteroatoms. The van der Waals surface area contributed by atoms with E-state index in [4.69, 9.17) is 15.5 Å². The van der Waals surface area contributed by atoms with Gasteiger partial charge in [-0.15, -0.1) is 0 Å². The van der Waals surface area contributed by atoms with Gasteiger partial charge in [0.15, 0.2) is 12.0 Å². The minimum atomic E-state index is -0.788. The Labute approximate surface area is 154 Å². The zero-order chi connectivity index (χ0) is 19.8. The van der Waals surface area contributed by atoms with Crippen LogP contribution in [0.4, 0.5) is 8.78 Å². The van der Waals surface area contributed by atoms with Crippen LogP contribution in [0.2, 0.25) is 0 Å². The molecule has 0 saturated heterocycles. The first-order valence-corrected chi connectivity index (χ1v) is 8.21. The van der Waals surface area contributed by atoms with Gasteiger partial charge >= 0.3 is 0 Å². The van der Waals surface area contributed by atoms with Gasteiger partial charge in [0, 0.05) is 24.4 Å². The van der Waals surface area contributed by atoms with Gasteiger partial charge in [-0.2, -0.15) is 5.90 Å². The van der Waals surface area contributed by atoms with Gasteiger partial charge in [0.25, 0.3) is 5.91 Å². The van der Waals surface area contributed by atoms with Crippen LogP contribution in [-0.2, 0) is 6.54 Å². The Balaban J connectivity index is 2.23. The molecular formula is C18H19F2N3O4. The van der Waals surface area contributed by atoms with E-state index in [1.165, 1.54) is 6.07 Å². The molecule has 0 aliphatic heterocycles. The average Bonchev–Trinajstić information content (AvgIpc) is 2.66. The molecule has 0 spiro atoms.